The Hall–Kier alpha value is -1.89. The van der Waals surface area contributed by atoms with E-state index in [1.165, 1.54) is 18.2 Å². The van der Waals surface area contributed by atoms with Gasteiger partial charge >= 0.3 is 7.60 Å². The van der Waals surface area contributed by atoms with Gasteiger partial charge in [-0.1, -0.05) is 18.2 Å². The van der Waals surface area contributed by atoms with Crippen molar-refractivity contribution in [2.75, 3.05) is 0 Å². The molecule has 0 radical (unpaired) electrons. The molecular weight excluding hydrogens is 335 g/mol. The molecule has 0 aliphatic carbocycles. The highest BCUT2D eigenvalue weighted by atomic mass is 31.2. The molecule has 0 aliphatic rings. The second-order valence-electron chi connectivity index (χ2n) is 5.55. The second-order valence-corrected chi connectivity index (χ2v) is 7.12. The van der Waals surface area contributed by atoms with Gasteiger partial charge in [-0.25, -0.2) is 0 Å². The quantitative estimate of drug-likeness (QED) is 0.337. The second kappa shape index (κ2) is 6.93. The molecule has 0 saturated carbocycles. The van der Waals surface area contributed by atoms with Gasteiger partial charge in [-0.2, -0.15) is 0 Å². The molecule has 8 heteroatoms. The van der Waals surface area contributed by atoms with Crippen molar-refractivity contribution >= 4 is 12.9 Å². The van der Waals surface area contributed by atoms with E-state index in [-0.39, 0.29) is 18.6 Å². The van der Waals surface area contributed by atoms with Crippen molar-refractivity contribution in [3.05, 3.63) is 53.6 Å². The predicted octanol–water partition coefficient (Wildman–Crippen LogP) is 1.06. The Bertz CT molecular complexity index is 750. The van der Waals surface area contributed by atoms with E-state index in [4.69, 9.17) is 0 Å². The molecule has 0 amide bonds. The average Bonchev–Trinajstić information content (AvgIpc) is 2.48. The van der Waals surface area contributed by atoms with E-state index in [1.807, 2.05) is 0 Å². The van der Waals surface area contributed by atoms with Gasteiger partial charge in [-0.05, 0) is 42.7 Å². The topological polar surface area (TPSA) is 138 Å². The lowest BCUT2D eigenvalue weighted by molar-refractivity contribution is -0.175. The number of benzene rings is 2. The van der Waals surface area contributed by atoms with Crippen LogP contribution in [0.2, 0.25) is 0 Å². The van der Waals surface area contributed by atoms with Gasteiger partial charge in [-0.15, -0.1) is 0 Å². The van der Waals surface area contributed by atoms with Crippen LogP contribution in [0.15, 0.2) is 42.5 Å². The number of aromatic hydroxyl groups is 2. The van der Waals surface area contributed by atoms with Crippen LogP contribution in [0.3, 0.4) is 0 Å². The molecule has 2 aromatic carbocycles. The van der Waals surface area contributed by atoms with Crippen molar-refractivity contribution in [2.45, 2.75) is 25.0 Å². The van der Waals surface area contributed by atoms with Gasteiger partial charge in [0.2, 0.25) is 0 Å². The van der Waals surface area contributed by atoms with Crippen molar-refractivity contribution in [3.63, 3.8) is 0 Å². The first-order valence-electron chi connectivity index (χ1n) is 7.22. The molecule has 0 heterocycles. The monoisotopic (exact) mass is 354 g/mol. The summed E-state index contributed by atoms with van der Waals surface area (Å²) >= 11 is 0. The molecule has 0 fully saturated rings. The van der Waals surface area contributed by atoms with Crippen molar-refractivity contribution in [1.29, 1.82) is 0 Å². The Morgan fingerprint density at radius 1 is 0.958 bits per heavy atom. The zero-order chi connectivity index (χ0) is 18.0. The smallest absolute Gasteiger partial charge is 0.356 e. The van der Waals surface area contributed by atoms with Crippen LogP contribution in [0.5, 0.6) is 11.5 Å². The molecule has 2 rings (SSSR count). The predicted molar refractivity (Wildman–Crippen MR) is 86.9 cm³/mol. The summed E-state index contributed by atoms with van der Waals surface area (Å²) in [6.07, 6.45) is 0.507. The number of aliphatic hydroxyl groups is 2. The van der Waals surface area contributed by atoms with Crippen molar-refractivity contribution in [2.24, 2.45) is 0 Å². The van der Waals surface area contributed by atoms with Gasteiger partial charge in [-0.3, -0.25) is 4.57 Å². The molecule has 130 valence electrons. The maximum absolute atomic E-state index is 11.5. The van der Waals surface area contributed by atoms with E-state index in [9.17, 15) is 34.8 Å². The first-order chi connectivity index (χ1) is 11.1. The highest BCUT2D eigenvalue weighted by Crippen LogP contribution is 2.41. The van der Waals surface area contributed by atoms with Crippen LogP contribution < -0.4 is 5.30 Å². The molecule has 0 saturated heterocycles. The molecule has 0 spiro atoms. The molecule has 24 heavy (non-hydrogen) atoms. The number of hydrogen-bond acceptors (Lipinski definition) is 5. The first-order valence-corrected chi connectivity index (χ1v) is 8.84. The standard InChI is InChI=1S/C16H19O7P/c17-12-8-6-11(7-9-12)3-2-10-16(19,20)15-13(18)4-1-5-14(15)24(21,22)23/h1,4-9,17-20H,2-3,10H2,(H2,21,22,23). The summed E-state index contributed by atoms with van der Waals surface area (Å²) in [5, 5.41) is 38.9. The summed E-state index contributed by atoms with van der Waals surface area (Å²) in [5.74, 6) is -3.05. The van der Waals surface area contributed by atoms with E-state index >= 15 is 0 Å². The van der Waals surface area contributed by atoms with Crippen molar-refractivity contribution in [3.8, 4) is 11.5 Å². The Morgan fingerprint density at radius 3 is 2.17 bits per heavy atom. The fourth-order valence-electron chi connectivity index (χ4n) is 2.51. The van der Waals surface area contributed by atoms with E-state index in [0.717, 1.165) is 17.7 Å². The number of phenolic OH excluding ortho intramolecular Hbond substituents is 2. The van der Waals surface area contributed by atoms with Gasteiger partial charge in [0.15, 0.2) is 5.79 Å². The lowest BCUT2D eigenvalue weighted by Gasteiger charge is -2.26. The van der Waals surface area contributed by atoms with Gasteiger partial charge in [0.25, 0.3) is 0 Å². The fraction of sp³-hybridized carbons (Fsp3) is 0.250. The van der Waals surface area contributed by atoms with E-state index in [0.29, 0.717) is 6.42 Å². The maximum atomic E-state index is 11.5. The Morgan fingerprint density at radius 2 is 1.58 bits per heavy atom. The summed E-state index contributed by atoms with van der Waals surface area (Å²) in [6, 6.07) is 9.80. The maximum Gasteiger partial charge on any atom is 0.356 e. The summed E-state index contributed by atoms with van der Waals surface area (Å²) in [5.41, 5.74) is 0.278. The lowest BCUT2D eigenvalue weighted by Crippen LogP contribution is -2.31. The molecule has 6 N–H and O–H groups in total. The minimum Gasteiger partial charge on any atom is -0.508 e. The summed E-state index contributed by atoms with van der Waals surface area (Å²) in [7, 11) is -4.78. The number of phenols is 2. The van der Waals surface area contributed by atoms with Crippen LogP contribution >= 0.6 is 7.60 Å². The molecule has 2 aromatic rings. The lowest BCUT2D eigenvalue weighted by atomic mass is 9.97. The highest BCUT2D eigenvalue weighted by molar-refractivity contribution is 7.60. The molecule has 0 aromatic heterocycles. The van der Waals surface area contributed by atoms with E-state index < -0.39 is 30.0 Å². The number of rotatable bonds is 6. The molecule has 0 bridgehead atoms. The van der Waals surface area contributed by atoms with Crippen LogP contribution in [0, 0.1) is 0 Å². The van der Waals surface area contributed by atoms with Crippen LogP contribution in [-0.4, -0.2) is 30.2 Å². The summed E-state index contributed by atoms with van der Waals surface area (Å²) in [4.78, 5) is 18.7. The van der Waals surface area contributed by atoms with Gasteiger partial charge in [0.05, 0.1) is 10.9 Å². The minimum absolute atomic E-state index is 0.123. The third-order valence-corrected chi connectivity index (χ3v) is 4.66. The fourth-order valence-corrected chi connectivity index (χ4v) is 3.37. The molecule has 7 nitrogen and oxygen atoms in total. The average molecular weight is 354 g/mol. The molecular formula is C16H19O7P. The Balaban J connectivity index is 2.18. The third kappa shape index (κ3) is 4.35. The van der Waals surface area contributed by atoms with Crippen molar-refractivity contribution in [1.82, 2.24) is 0 Å². The van der Waals surface area contributed by atoms with Crippen molar-refractivity contribution < 1.29 is 34.8 Å². The zero-order valence-corrected chi connectivity index (χ0v) is 13.6. The number of aryl methyl sites for hydroxylation is 1. The zero-order valence-electron chi connectivity index (χ0n) is 12.7. The molecule has 0 unspecified atom stereocenters. The Kier molecular flexibility index (Phi) is 5.32. The van der Waals surface area contributed by atoms with Crippen LogP contribution in [0.4, 0.5) is 0 Å². The summed E-state index contributed by atoms with van der Waals surface area (Å²) in [6.45, 7) is 0. The SMILES string of the molecule is O=P(O)(O)c1cccc(O)c1C(O)(O)CCCc1ccc(O)cc1. The molecule has 0 aliphatic heterocycles. The first kappa shape index (κ1) is 18.4. The van der Waals surface area contributed by atoms with Gasteiger partial charge in [0, 0.05) is 6.42 Å². The van der Waals surface area contributed by atoms with E-state index in [2.05, 4.69) is 0 Å². The van der Waals surface area contributed by atoms with Crippen LogP contribution in [0.1, 0.15) is 24.0 Å². The Labute approximate surface area is 138 Å². The normalized spacial score (nSPS) is 12.3. The minimum atomic E-state index is -4.78. The third-order valence-electron chi connectivity index (χ3n) is 3.66. The van der Waals surface area contributed by atoms with Gasteiger partial charge in [0.1, 0.15) is 11.5 Å². The van der Waals surface area contributed by atoms with Crippen LogP contribution in [-0.2, 0) is 16.8 Å². The molecule has 0 atom stereocenters. The van der Waals surface area contributed by atoms with E-state index in [1.54, 1.807) is 12.1 Å². The summed E-state index contributed by atoms with van der Waals surface area (Å²) < 4.78 is 11.5. The largest absolute Gasteiger partial charge is 0.508 e. The highest BCUT2D eigenvalue weighted by Gasteiger charge is 2.36. The van der Waals surface area contributed by atoms with Crippen LogP contribution in [0.25, 0.3) is 0 Å². The number of hydrogen-bond donors (Lipinski definition) is 6. The van der Waals surface area contributed by atoms with Gasteiger partial charge < -0.3 is 30.2 Å².